The molecule has 6 nitrogen and oxygen atoms in total. The zero-order valence-corrected chi connectivity index (χ0v) is 15.3. The van der Waals surface area contributed by atoms with Gasteiger partial charge in [-0.2, -0.15) is 0 Å². The summed E-state index contributed by atoms with van der Waals surface area (Å²) >= 11 is 0. The molecule has 3 amide bonds. The van der Waals surface area contributed by atoms with E-state index in [4.69, 9.17) is 5.73 Å². The molecule has 1 heterocycles. The van der Waals surface area contributed by atoms with Gasteiger partial charge in [0.05, 0.1) is 0 Å². The second-order valence-corrected chi connectivity index (χ2v) is 6.84. The van der Waals surface area contributed by atoms with Crippen molar-refractivity contribution >= 4 is 17.6 Å². The van der Waals surface area contributed by atoms with Crippen molar-refractivity contribution in [3.8, 4) is 0 Å². The van der Waals surface area contributed by atoms with E-state index in [1.807, 2.05) is 65.6 Å². The van der Waals surface area contributed by atoms with E-state index in [0.717, 1.165) is 24.1 Å². The lowest BCUT2D eigenvalue weighted by atomic mass is 10.0. The Morgan fingerprint density at radius 3 is 2.22 bits per heavy atom. The number of anilines is 1. The molecule has 0 radical (unpaired) electrons. The number of nitrogens with two attached hydrogens (primary N) is 1. The van der Waals surface area contributed by atoms with Gasteiger partial charge in [-0.05, 0) is 30.5 Å². The third-order valence-corrected chi connectivity index (χ3v) is 4.84. The van der Waals surface area contributed by atoms with Crippen molar-refractivity contribution in [1.82, 2.24) is 10.2 Å². The number of nitrogens with zero attached hydrogens (tertiary/aromatic N) is 1. The van der Waals surface area contributed by atoms with Crippen molar-refractivity contribution in [2.24, 2.45) is 5.73 Å². The number of para-hydroxylation sites is 1. The molecule has 1 atom stereocenters. The zero-order valence-electron chi connectivity index (χ0n) is 15.3. The molecule has 6 heteroatoms. The van der Waals surface area contributed by atoms with Gasteiger partial charge in [-0.3, -0.25) is 4.79 Å². The molecule has 1 saturated heterocycles. The largest absolute Gasteiger partial charge is 0.342 e. The molecule has 142 valence electrons. The standard InChI is InChI=1S/C21H26N4O2/c22-19(16-7-3-1-4-8-16)15-20(26)25-13-11-18(12-14-25)24-21(27)23-17-9-5-2-6-10-17/h1-10,18-19H,11-15,22H2,(H2,23,24,27). The van der Waals surface area contributed by atoms with Crippen LogP contribution in [0.3, 0.4) is 0 Å². The van der Waals surface area contributed by atoms with Crippen LogP contribution in [0.4, 0.5) is 10.5 Å². The van der Waals surface area contributed by atoms with Crippen LogP contribution in [0.25, 0.3) is 0 Å². The number of rotatable bonds is 5. The Hall–Kier alpha value is -2.86. The molecule has 1 aliphatic rings. The summed E-state index contributed by atoms with van der Waals surface area (Å²) in [5.74, 6) is 0.0681. The lowest BCUT2D eigenvalue weighted by molar-refractivity contribution is -0.132. The molecular formula is C21H26N4O2. The monoisotopic (exact) mass is 366 g/mol. The molecule has 4 N–H and O–H groups in total. The van der Waals surface area contributed by atoms with Gasteiger partial charge < -0.3 is 21.3 Å². The molecule has 2 aromatic rings. The first-order valence-electron chi connectivity index (χ1n) is 9.32. The summed E-state index contributed by atoms with van der Waals surface area (Å²) in [5.41, 5.74) is 7.89. The highest BCUT2D eigenvalue weighted by Gasteiger charge is 2.25. The maximum absolute atomic E-state index is 12.5. The van der Waals surface area contributed by atoms with Gasteiger partial charge in [0.25, 0.3) is 0 Å². The number of hydrogen-bond donors (Lipinski definition) is 3. The van der Waals surface area contributed by atoms with Gasteiger partial charge in [0, 0.05) is 37.3 Å². The van der Waals surface area contributed by atoms with Gasteiger partial charge in [0.1, 0.15) is 0 Å². The van der Waals surface area contributed by atoms with Crippen molar-refractivity contribution in [3.63, 3.8) is 0 Å². The average molecular weight is 366 g/mol. The normalized spacial score (nSPS) is 15.8. The molecule has 0 aromatic heterocycles. The Morgan fingerprint density at radius 1 is 1.00 bits per heavy atom. The molecule has 27 heavy (non-hydrogen) atoms. The molecule has 0 bridgehead atoms. The minimum absolute atomic E-state index is 0.0681. The summed E-state index contributed by atoms with van der Waals surface area (Å²) in [6.45, 7) is 1.27. The van der Waals surface area contributed by atoms with Crippen molar-refractivity contribution in [2.75, 3.05) is 18.4 Å². The van der Waals surface area contributed by atoms with Crippen LogP contribution in [-0.2, 0) is 4.79 Å². The van der Waals surface area contributed by atoms with Crippen LogP contribution in [0.2, 0.25) is 0 Å². The zero-order chi connectivity index (χ0) is 19.1. The maximum atomic E-state index is 12.5. The SMILES string of the molecule is NC(CC(=O)N1CCC(NC(=O)Nc2ccccc2)CC1)c1ccccc1. The number of urea groups is 1. The number of nitrogens with one attached hydrogen (secondary N) is 2. The van der Waals surface area contributed by atoms with Crippen LogP contribution in [0.5, 0.6) is 0 Å². The summed E-state index contributed by atoms with van der Waals surface area (Å²) in [5, 5.41) is 5.80. The third kappa shape index (κ3) is 5.56. The lowest BCUT2D eigenvalue weighted by Crippen LogP contribution is -2.47. The highest BCUT2D eigenvalue weighted by Crippen LogP contribution is 2.18. The van der Waals surface area contributed by atoms with Crippen LogP contribution in [0.15, 0.2) is 60.7 Å². The third-order valence-electron chi connectivity index (χ3n) is 4.84. The van der Waals surface area contributed by atoms with Crippen LogP contribution >= 0.6 is 0 Å². The van der Waals surface area contributed by atoms with E-state index in [1.165, 1.54) is 0 Å². The van der Waals surface area contributed by atoms with E-state index in [9.17, 15) is 9.59 Å². The van der Waals surface area contributed by atoms with E-state index in [0.29, 0.717) is 19.5 Å². The summed E-state index contributed by atoms with van der Waals surface area (Å²) in [6, 6.07) is 18.6. The minimum atomic E-state index is -0.286. The van der Waals surface area contributed by atoms with Gasteiger partial charge in [-0.1, -0.05) is 48.5 Å². The number of benzene rings is 2. The van der Waals surface area contributed by atoms with Crippen LogP contribution in [-0.4, -0.2) is 36.0 Å². The number of carbonyl (C=O) groups is 2. The summed E-state index contributed by atoms with van der Waals surface area (Å²) in [7, 11) is 0. The highest BCUT2D eigenvalue weighted by atomic mass is 16.2. The van der Waals surface area contributed by atoms with Gasteiger partial charge in [0.2, 0.25) is 5.91 Å². The molecular weight excluding hydrogens is 340 g/mol. The summed E-state index contributed by atoms with van der Waals surface area (Å²) in [6.07, 6.45) is 1.79. The Kier molecular flexibility index (Phi) is 6.44. The van der Waals surface area contributed by atoms with Gasteiger partial charge in [-0.15, -0.1) is 0 Å². The van der Waals surface area contributed by atoms with E-state index >= 15 is 0 Å². The van der Waals surface area contributed by atoms with E-state index in [2.05, 4.69) is 10.6 Å². The van der Waals surface area contributed by atoms with Crippen LogP contribution in [0.1, 0.15) is 30.9 Å². The fraction of sp³-hybridized carbons (Fsp3) is 0.333. The first kappa shape index (κ1) is 18.9. The van der Waals surface area contributed by atoms with Crippen molar-refractivity contribution in [2.45, 2.75) is 31.3 Å². The smallest absolute Gasteiger partial charge is 0.319 e. The predicted octanol–water partition coefficient (Wildman–Crippen LogP) is 2.89. The Morgan fingerprint density at radius 2 is 1.59 bits per heavy atom. The number of carbonyl (C=O) groups excluding carboxylic acids is 2. The molecule has 0 spiro atoms. The number of likely N-dealkylation sites (tertiary alicyclic amines) is 1. The molecule has 1 aliphatic heterocycles. The highest BCUT2D eigenvalue weighted by molar-refractivity contribution is 5.89. The van der Waals surface area contributed by atoms with Crippen molar-refractivity contribution in [1.29, 1.82) is 0 Å². The molecule has 2 aromatic carbocycles. The number of hydrogen-bond acceptors (Lipinski definition) is 3. The van der Waals surface area contributed by atoms with E-state index in [1.54, 1.807) is 0 Å². The summed E-state index contributed by atoms with van der Waals surface area (Å²) in [4.78, 5) is 26.4. The van der Waals surface area contributed by atoms with Crippen LogP contribution < -0.4 is 16.4 Å². The quantitative estimate of drug-likeness (QED) is 0.760. The maximum Gasteiger partial charge on any atom is 0.319 e. The second-order valence-electron chi connectivity index (χ2n) is 6.84. The Balaban J connectivity index is 1.41. The molecule has 0 saturated carbocycles. The lowest BCUT2D eigenvalue weighted by Gasteiger charge is -2.33. The average Bonchev–Trinajstić information content (AvgIpc) is 2.70. The summed E-state index contributed by atoms with van der Waals surface area (Å²) < 4.78 is 0. The number of piperidine rings is 1. The second kappa shape index (κ2) is 9.19. The predicted molar refractivity (Wildman–Crippen MR) is 106 cm³/mol. The molecule has 0 aliphatic carbocycles. The fourth-order valence-corrected chi connectivity index (χ4v) is 3.28. The fourth-order valence-electron chi connectivity index (χ4n) is 3.28. The van der Waals surface area contributed by atoms with Crippen molar-refractivity contribution < 1.29 is 9.59 Å². The van der Waals surface area contributed by atoms with Gasteiger partial charge >= 0.3 is 6.03 Å². The van der Waals surface area contributed by atoms with Crippen LogP contribution in [0, 0.1) is 0 Å². The van der Waals surface area contributed by atoms with Crippen molar-refractivity contribution in [3.05, 3.63) is 66.2 Å². The van der Waals surface area contributed by atoms with Gasteiger partial charge in [-0.25, -0.2) is 4.79 Å². The molecule has 1 unspecified atom stereocenters. The van der Waals surface area contributed by atoms with E-state index < -0.39 is 0 Å². The topological polar surface area (TPSA) is 87.5 Å². The first-order valence-corrected chi connectivity index (χ1v) is 9.32. The van der Waals surface area contributed by atoms with Gasteiger partial charge in [0.15, 0.2) is 0 Å². The molecule has 1 fully saturated rings. The molecule has 3 rings (SSSR count). The van der Waals surface area contributed by atoms with E-state index in [-0.39, 0.29) is 24.0 Å². The first-order chi connectivity index (χ1) is 13.1. The Bertz CT molecular complexity index is 743. The number of amides is 3. The minimum Gasteiger partial charge on any atom is -0.342 e. The Labute approximate surface area is 159 Å².